The second kappa shape index (κ2) is 6.10. The maximum atomic E-state index is 5.98. The summed E-state index contributed by atoms with van der Waals surface area (Å²) in [7, 11) is 0. The molecule has 20 heavy (non-hydrogen) atoms. The third-order valence-electron chi connectivity index (χ3n) is 4.24. The van der Waals surface area contributed by atoms with Crippen LogP contribution in [0.1, 0.15) is 25.7 Å². The van der Waals surface area contributed by atoms with Crippen LogP contribution in [0.5, 0.6) is 0 Å². The molecule has 3 N–H and O–H groups in total. The van der Waals surface area contributed by atoms with E-state index >= 15 is 0 Å². The average molecular weight is 334 g/mol. The summed E-state index contributed by atoms with van der Waals surface area (Å²) in [6, 6.07) is 8.71. The quantitative estimate of drug-likeness (QED) is 0.891. The molecule has 1 atom stereocenters. The first-order valence-corrected chi connectivity index (χ1v) is 8.08. The molecule has 0 aliphatic heterocycles. The Morgan fingerprint density at radius 1 is 1.35 bits per heavy atom. The normalized spacial score (nSPS) is 17.5. The van der Waals surface area contributed by atoms with E-state index in [-0.39, 0.29) is 0 Å². The van der Waals surface area contributed by atoms with Gasteiger partial charge in [-0.15, -0.1) is 0 Å². The van der Waals surface area contributed by atoms with Gasteiger partial charge in [-0.3, -0.25) is 4.98 Å². The lowest BCUT2D eigenvalue weighted by Gasteiger charge is -2.24. The van der Waals surface area contributed by atoms with E-state index in [1.54, 1.807) is 0 Å². The molecule has 1 heterocycles. The predicted octanol–water partition coefficient (Wildman–Crippen LogP) is 3.93. The van der Waals surface area contributed by atoms with E-state index in [0.29, 0.717) is 18.5 Å². The summed E-state index contributed by atoms with van der Waals surface area (Å²) in [5.41, 5.74) is 8.09. The van der Waals surface area contributed by atoms with Gasteiger partial charge in [0, 0.05) is 28.6 Å². The third kappa shape index (κ3) is 2.81. The molecule has 1 aromatic heterocycles. The number of hydrogen-bond acceptors (Lipinski definition) is 3. The molecule has 0 amide bonds. The number of rotatable bonds is 4. The molecule has 0 saturated heterocycles. The van der Waals surface area contributed by atoms with Crippen molar-refractivity contribution in [2.45, 2.75) is 31.7 Å². The molecule has 3 rings (SSSR count). The van der Waals surface area contributed by atoms with Gasteiger partial charge in [0.05, 0.1) is 11.2 Å². The highest BCUT2D eigenvalue weighted by Gasteiger charge is 2.24. The van der Waals surface area contributed by atoms with E-state index in [9.17, 15) is 0 Å². The molecule has 1 aliphatic rings. The molecule has 4 heteroatoms. The Kier molecular flexibility index (Phi) is 4.22. The summed E-state index contributed by atoms with van der Waals surface area (Å²) in [6.07, 6.45) is 7.10. The van der Waals surface area contributed by atoms with Gasteiger partial charge in [0.2, 0.25) is 0 Å². The maximum Gasteiger partial charge on any atom is 0.0934 e. The van der Waals surface area contributed by atoms with E-state index in [1.807, 2.05) is 6.20 Å². The summed E-state index contributed by atoms with van der Waals surface area (Å²) in [6.45, 7) is 0.678. The number of nitrogens with zero attached hydrogens (tertiary/aromatic N) is 1. The van der Waals surface area contributed by atoms with Gasteiger partial charge < -0.3 is 11.1 Å². The van der Waals surface area contributed by atoms with E-state index in [2.05, 4.69) is 50.5 Å². The smallest absolute Gasteiger partial charge is 0.0934 e. The van der Waals surface area contributed by atoms with E-state index in [0.717, 1.165) is 21.1 Å². The Morgan fingerprint density at radius 3 is 2.90 bits per heavy atom. The summed E-state index contributed by atoms with van der Waals surface area (Å²) < 4.78 is 1.01. The number of pyridine rings is 1. The number of para-hydroxylation sites is 1. The molecule has 3 nitrogen and oxygen atoms in total. The fourth-order valence-corrected chi connectivity index (χ4v) is 3.53. The minimum atomic E-state index is 0.355. The largest absolute Gasteiger partial charge is 0.379 e. The van der Waals surface area contributed by atoms with Crippen LogP contribution in [0.3, 0.4) is 0 Å². The number of hydrogen-bond donors (Lipinski definition) is 2. The predicted molar refractivity (Wildman–Crippen MR) is 87.9 cm³/mol. The van der Waals surface area contributed by atoms with Gasteiger partial charge in [0.15, 0.2) is 0 Å². The first-order chi connectivity index (χ1) is 9.78. The monoisotopic (exact) mass is 333 g/mol. The number of anilines is 1. The molecule has 2 aromatic rings. The lowest BCUT2D eigenvalue weighted by Crippen LogP contribution is -2.35. The minimum absolute atomic E-state index is 0.355. The number of nitrogens with one attached hydrogen (secondary N) is 1. The van der Waals surface area contributed by atoms with Gasteiger partial charge in [-0.1, -0.05) is 25.0 Å². The molecule has 1 aliphatic carbocycles. The average Bonchev–Trinajstić information content (AvgIpc) is 2.98. The molecule has 0 bridgehead atoms. The first kappa shape index (κ1) is 13.8. The lowest BCUT2D eigenvalue weighted by atomic mass is 9.97. The second-order valence-electron chi connectivity index (χ2n) is 5.56. The van der Waals surface area contributed by atoms with Crippen molar-refractivity contribution in [2.24, 2.45) is 11.7 Å². The van der Waals surface area contributed by atoms with Crippen molar-refractivity contribution in [1.82, 2.24) is 4.98 Å². The van der Waals surface area contributed by atoms with E-state index in [1.165, 1.54) is 25.7 Å². The molecule has 1 saturated carbocycles. The standard InChI is InChI=1S/C16H20BrN3/c17-13-8-12-6-3-7-14(16(12)19-10-13)20-15(9-18)11-4-1-2-5-11/h3,6-8,10-11,15,20H,1-2,4-5,9,18H2. The Morgan fingerprint density at radius 2 is 2.15 bits per heavy atom. The molecule has 0 radical (unpaired) electrons. The summed E-state index contributed by atoms with van der Waals surface area (Å²) in [5, 5.41) is 4.78. The number of benzene rings is 1. The topological polar surface area (TPSA) is 50.9 Å². The Balaban J connectivity index is 1.89. The van der Waals surface area contributed by atoms with Gasteiger partial charge in [-0.2, -0.15) is 0 Å². The maximum absolute atomic E-state index is 5.98. The summed E-state index contributed by atoms with van der Waals surface area (Å²) in [5.74, 6) is 0.700. The van der Waals surface area contributed by atoms with Crippen molar-refractivity contribution in [3.63, 3.8) is 0 Å². The lowest BCUT2D eigenvalue weighted by molar-refractivity contribution is 0.462. The third-order valence-corrected chi connectivity index (χ3v) is 4.67. The minimum Gasteiger partial charge on any atom is -0.379 e. The zero-order chi connectivity index (χ0) is 13.9. The Hall–Kier alpha value is -1.13. The Bertz CT molecular complexity index is 593. The highest BCUT2D eigenvalue weighted by atomic mass is 79.9. The molecule has 1 aromatic carbocycles. The highest BCUT2D eigenvalue weighted by Crippen LogP contribution is 2.31. The number of fused-ring (bicyclic) bond motifs is 1. The number of nitrogens with two attached hydrogens (primary N) is 1. The molecule has 0 spiro atoms. The fourth-order valence-electron chi connectivity index (χ4n) is 3.18. The van der Waals surface area contributed by atoms with Gasteiger partial charge in [0.25, 0.3) is 0 Å². The molecular weight excluding hydrogens is 314 g/mol. The van der Waals surface area contributed by atoms with Crippen LogP contribution in [0.4, 0.5) is 5.69 Å². The van der Waals surface area contributed by atoms with Crippen LogP contribution in [0.15, 0.2) is 34.9 Å². The van der Waals surface area contributed by atoms with E-state index in [4.69, 9.17) is 5.73 Å². The van der Waals surface area contributed by atoms with Crippen molar-refractivity contribution >= 4 is 32.5 Å². The van der Waals surface area contributed by atoms with Crippen LogP contribution in [-0.2, 0) is 0 Å². The van der Waals surface area contributed by atoms with Crippen LogP contribution >= 0.6 is 15.9 Å². The van der Waals surface area contributed by atoms with Crippen LogP contribution in [0.2, 0.25) is 0 Å². The zero-order valence-electron chi connectivity index (χ0n) is 11.5. The molecule has 106 valence electrons. The van der Waals surface area contributed by atoms with E-state index < -0.39 is 0 Å². The van der Waals surface area contributed by atoms with Gasteiger partial charge in [-0.05, 0) is 46.8 Å². The van der Waals surface area contributed by atoms with Crippen LogP contribution < -0.4 is 11.1 Å². The van der Waals surface area contributed by atoms with Gasteiger partial charge in [-0.25, -0.2) is 0 Å². The fraction of sp³-hybridized carbons (Fsp3) is 0.438. The van der Waals surface area contributed by atoms with Crippen molar-refractivity contribution < 1.29 is 0 Å². The van der Waals surface area contributed by atoms with Crippen LogP contribution in [-0.4, -0.2) is 17.6 Å². The first-order valence-electron chi connectivity index (χ1n) is 7.29. The van der Waals surface area contributed by atoms with Crippen LogP contribution in [0, 0.1) is 5.92 Å². The highest BCUT2D eigenvalue weighted by molar-refractivity contribution is 9.10. The van der Waals surface area contributed by atoms with Crippen molar-refractivity contribution in [1.29, 1.82) is 0 Å². The Labute approximate surface area is 128 Å². The van der Waals surface area contributed by atoms with Crippen molar-refractivity contribution in [3.8, 4) is 0 Å². The van der Waals surface area contributed by atoms with Crippen molar-refractivity contribution in [3.05, 3.63) is 34.9 Å². The van der Waals surface area contributed by atoms with Gasteiger partial charge >= 0.3 is 0 Å². The summed E-state index contributed by atoms with van der Waals surface area (Å²) in [4.78, 5) is 4.54. The molecule has 1 unspecified atom stereocenters. The molecule has 1 fully saturated rings. The SMILES string of the molecule is NCC(Nc1cccc2cc(Br)cnc12)C1CCCC1. The number of halogens is 1. The van der Waals surface area contributed by atoms with Gasteiger partial charge in [0.1, 0.15) is 0 Å². The molecular formula is C16H20BrN3. The van der Waals surface area contributed by atoms with Crippen molar-refractivity contribution in [2.75, 3.05) is 11.9 Å². The second-order valence-corrected chi connectivity index (χ2v) is 6.48. The number of aromatic nitrogens is 1. The zero-order valence-corrected chi connectivity index (χ0v) is 13.1. The van der Waals surface area contributed by atoms with Crippen LogP contribution in [0.25, 0.3) is 10.9 Å². The summed E-state index contributed by atoms with van der Waals surface area (Å²) >= 11 is 3.47.